The summed E-state index contributed by atoms with van der Waals surface area (Å²) in [6, 6.07) is 0. The number of thiocarbonyl (C=S) groups is 1. The summed E-state index contributed by atoms with van der Waals surface area (Å²) in [5.74, 6) is 0.691. The van der Waals surface area contributed by atoms with E-state index in [2.05, 4.69) is 0 Å². The molecule has 0 heterocycles. The number of carbonyl (C=O) groups excluding carboxylic acids is 1. The molecule has 5 heteroatoms. The predicted molar refractivity (Wildman–Crippen MR) is 62.0 cm³/mol. The summed E-state index contributed by atoms with van der Waals surface area (Å²) in [5, 5.41) is 0. The highest BCUT2D eigenvalue weighted by Gasteiger charge is 2.09. The van der Waals surface area contributed by atoms with E-state index in [1.807, 2.05) is 13.2 Å². The quantitative estimate of drug-likeness (QED) is 0.675. The Morgan fingerprint density at radius 3 is 2.62 bits per heavy atom. The van der Waals surface area contributed by atoms with Crippen LogP contribution in [0, 0.1) is 0 Å². The fraction of sp³-hybridized carbons (Fsp3) is 0.750. The van der Waals surface area contributed by atoms with Gasteiger partial charge in [0.2, 0.25) is 5.91 Å². The Bertz CT molecular complexity index is 185. The molecule has 3 nitrogen and oxygen atoms in total. The van der Waals surface area contributed by atoms with E-state index in [0.29, 0.717) is 23.7 Å². The van der Waals surface area contributed by atoms with Crippen LogP contribution in [0.15, 0.2) is 0 Å². The lowest BCUT2D eigenvalue weighted by atomic mass is 10.3. The first-order valence-electron chi connectivity index (χ1n) is 4.16. The molecule has 0 fully saturated rings. The number of carbonyl (C=O) groups is 1. The Kier molecular flexibility index (Phi) is 6.99. The number of hydrogen-bond donors (Lipinski definition) is 1. The molecule has 0 aromatic heterocycles. The summed E-state index contributed by atoms with van der Waals surface area (Å²) in [6.07, 6.45) is 2.53. The van der Waals surface area contributed by atoms with Gasteiger partial charge in [-0.3, -0.25) is 4.79 Å². The summed E-state index contributed by atoms with van der Waals surface area (Å²) >= 11 is 6.28. The highest BCUT2D eigenvalue weighted by Crippen LogP contribution is 1.99. The molecular formula is C8H16N2OS2. The van der Waals surface area contributed by atoms with Gasteiger partial charge in [-0.05, 0) is 13.2 Å². The largest absolute Gasteiger partial charge is 0.393 e. The van der Waals surface area contributed by atoms with E-state index in [1.54, 1.807) is 4.90 Å². The molecule has 0 aromatic carbocycles. The first-order valence-corrected chi connectivity index (χ1v) is 5.97. The molecule has 0 unspecified atom stereocenters. The Labute approximate surface area is 89.0 Å². The van der Waals surface area contributed by atoms with Crippen molar-refractivity contribution >= 4 is 34.9 Å². The molecule has 0 saturated carbocycles. The zero-order valence-electron chi connectivity index (χ0n) is 8.08. The highest BCUT2D eigenvalue weighted by atomic mass is 32.2. The van der Waals surface area contributed by atoms with Crippen molar-refractivity contribution in [3.8, 4) is 0 Å². The van der Waals surface area contributed by atoms with Gasteiger partial charge in [0, 0.05) is 19.5 Å². The minimum absolute atomic E-state index is 0.159. The maximum absolute atomic E-state index is 11.4. The first kappa shape index (κ1) is 12.7. The van der Waals surface area contributed by atoms with E-state index >= 15 is 0 Å². The van der Waals surface area contributed by atoms with Gasteiger partial charge in [-0.2, -0.15) is 11.8 Å². The molecule has 2 N–H and O–H groups in total. The Balaban J connectivity index is 3.87. The number of nitrogens with two attached hydrogens (primary N) is 1. The maximum Gasteiger partial charge on any atom is 0.232 e. The van der Waals surface area contributed by atoms with E-state index in [0.717, 1.165) is 6.54 Å². The molecule has 0 aliphatic rings. The molecule has 0 spiro atoms. The lowest BCUT2D eigenvalue weighted by Crippen LogP contribution is -2.34. The monoisotopic (exact) mass is 220 g/mol. The molecule has 76 valence electrons. The molecule has 0 bridgehead atoms. The number of nitrogens with zero attached hydrogens (tertiary/aromatic N) is 1. The van der Waals surface area contributed by atoms with E-state index in [9.17, 15) is 4.79 Å². The van der Waals surface area contributed by atoms with Crippen molar-refractivity contribution in [3.05, 3.63) is 0 Å². The highest BCUT2D eigenvalue weighted by molar-refractivity contribution is 7.99. The van der Waals surface area contributed by atoms with Crippen LogP contribution in [0.25, 0.3) is 0 Å². The van der Waals surface area contributed by atoms with E-state index < -0.39 is 0 Å². The Hall–Kier alpha value is -0.290. The lowest BCUT2D eigenvalue weighted by Gasteiger charge is -2.19. The van der Waals surface area contributed by atoms with Crippen LogP contribution in [0.3, 0.4) is 0 Å². The second-order valence-corrected chi connectivity index (χ2v) is 4.01. The smallest absolute Gasteiger partial charge is 0.232 e. The van der Waals surface area contributed by atoms with Gasteiger partial charge in [-0.15, -0.1) is 0 Å². The van der Waals surface area contributed by atoms with Crippen molar-refractivity contribution < 1.29 is 4.79 Å². The molecule has 0 rings (SSSR count). The molecule has 0 aliphatic heterocycles. The molecule has 0 radical (unpaired) electrons. The molecule has 0 aliphatic carbocycles. The van der Waals surface area contributed by atoms with Gasteiger partial charge in [0.15, 0.2) is 0 Å². The van der Waals surface area contributed by atoms with Crippen molar-refractivity contribution in [2.24, 2.45) is 5.73 Å². The van der Waals surface area contributed by atoms with Crippen molar-refractivity contribution in [2.75, 3.05) is 25.1 Å². The average Bonchev–Trinajstić information content (AvgIpc) is 2.05. The van der Waals surface area contributed by atoms with Gasteiger partial charge in [-0.1, -0.05) is 12.2 Å². The van der Waals surface area contributed by atoms with E-state index in [1.165, 1.54) is 11.8 Å². The van der Waals surface area contributed by atoms with Crippen molar-refractivity contribution in [3.63, 3.8) is 0 Å². The molecule has 13 heavy (non-hydrogen) atoms. The topological polar surface area (TPSA) is 46.3 Å². The van der Waals surface area contributed by atoms with Gasteiger partial charge in [0.25, 0.3) is 0 Å². The van der Waals surface area contributed by atoms with Crippen LogP contribution in [-0.4, -0.2) is 40.9 Å². The zero-order valence-corrected chi connectivity index (χ0v) is 9.71. The Morgan fingerprint density at radius 1 is 1.62 bits per heavy atom. The summed E-state index contributed by atoms with van der Waals surface area (Å²) in [7, 11) is 0. The zero-order chi connectivity index (χ0) is 10.3. The number of amides is 1. The molecule has 1 amide bonds. The molecule has 0 aromatic rings. The van der Waals surface area contributed by atoms with Crippen LogP contribution in [0.5, 0.6) is 0 Å². The summed E-state index contributed by atoms with van der Waals surface area (Å²) in [5.41, 5.74) is 5.36. The SMILES string of the molecule is CCN(CCC(N)=S)C(=O)CSC. The van der Waals surface area contributed by atoms with E-state index in [-0.39, 0.29) is 5.91 Å². The van der Waals surface area contributed by atoms with Gasteiger partial charge < -0.3 is 10.6 Å². The average molecular weight is 220 g/mol. The normalized spacial score (nSPS) is 9.69. The Morgan fingerprint density at radius 2 is 2.23 bits per heavy atom. The fourth-order valence-corrected chi connectivity index (χ4v) is 1.44. The third-order valence-corrected chi connectivity index (χ3v) is 2.37. The number of rotatable bonds is 6. The third-order valence-electron chi connectivity index (χ3n) is 1.63. The number of hydrogen-bond acceptors (Lipinski definition) is 3. The third kappa shape index (κ3) is 5.87. The summed E-state index contributed by atoms with van der Waals surface area (Å²) in [4.78, 5) is 13.6. The van der Waals surface area contributed by atoms with Gasteiger partial charge >= 0.3 is 0 Å². The van der Waals surface area contributed by atoms with Crippen molar-refractivity contribution in [2.45, 2.75) is 13.3 Å². The standard InChI is InChI=1S/C8H16N2OS2/c1-3-10(5-4-7(9)12)8(11)6-13-2/h3-6H2,1-2H3,(H2,9,12). The summed E-state index contributed by atoms with van der Waals surface area (Å²) < 4.78 is 0. The molecular weight excluding hydrogens is 204 g/mol. The van der Waals surface area contributed by atoms with Crippen LogP contribution < -0.4 is 5.73 Å². The summed E-state index contributed by atoms with van der Waals surface area (Å²) in [6.45, 7) is 3.32. The van der Waals surface area contributed by atoms with E-state index in [4.69, 9.17) is 18.0 Å². The van der Waals surface area contributed by atoms with Crippen LogP contribution in [-0.2, 0) is 4.79 Å². The molecule has 0 saturated heterocycles. The minimum atomic E-state index is 0.159. The van der Waals surface area contributed by atoms with Crippen molar-refractivity contribution in [1.29, 1.82) is 0 Å². The molecule has 0 atom stereocenters. The van der Waals surface area contributed by atoms with Gasteiger partial charge in [0.05, 0.1) is 10.7 Å². The predicted octanol–water partition coefficient (Wildman–Crippen LogP) is 0.874. The minimum Gasteiger partial charge on any atom is -0.393 e. The van der Waals surface area contributed by atoms with Crippen LogP contribution in [0.1, 0.15) is 13.3 Å². The van der Waals surface area contributed by atoms with Crippen LogP contribution in [0.4, 0.5) is 0 Å². The maximum atomic E-state index is 11.4. The second-order valence-electron chi connectivity index (χ2n) is 2.62. The second kappa shape index (κ2) is 7.15. The lowest BCUT2D eigenvalue weighted by molar-refractivity contribution is -0.128. The van der Waals surface area contributed by atoms with Gasteiger partial charge in [-0.25, -0.2) is 0 Å². The van der Waals surface area contributed by atoms with Crippen molar-refractivity contribution in [1.82, 2.24) is 4.90 Å². The van der Waals surface area contributed by atoms with Crippen LogP contribution in [0.2, 0.25) is 0 Å². The fourth-order valence-electron chi connectivity index (χ4n) is 0.919. The van der Waals surface area contributed by atoms with Crippen LogP contribution >= 0.6 is 24.0 Å². The number of thioether (sulfide) groups is 1. The van der Waals surface area contributed by atoms with Gasteiger partial charge in [0.1, 0.15) is 0 Å². The first-order chi connectivity index (χ1) is 6.11.